The number of hydrogen-bond acceptors (Lipinski definition) is 4. The van der Waals surface area contributed by atoms with Crippen LogP contribution in [0.25, 0.3) is 0 Å². The van der Waals surface area contributed by atoms with Crippen LogP contribution in [0.5, 0.6) is 0 Å². The molecule has 23 heavy (non-hydrogen) atoms. The average Bonchev–Trinajstić information content (AvgIpc) is 2.42. The zero-order valence-corrected chi connectivity index (χ0v) is 12.3. The number of nitrogens with two attached hydrogens (primary N) is 1. The smallest absolute Gasteiger partial charge is 0.416 e. The van der Waals surface area contributed by atoms with Crippen LogP contribution in [0, 0.1) is 0 Å². The van der Waals surface area contributed by atoms with Crippen molar-refractivity contribution in [2.45, 2.75) is 30.0 Å². The van der Waals surface area contributed by atoms with Crippen LogP contribution >= 0.6 is 0 Å². The minimum Gasteiger partial charge on any atom is -0.480 e. The number of aliphatic carboxylic acids is 1. The summed E-state index contributed by atoms with van der Waals surface area (Å²) in [7, 11) is -4.52. The summed E-state index contributed by atoms with van der Waals surface area (Å²) >= 11 is 0. The molecule has 1 aromatic carbocycles. The average molecular weight is 354 g/mol. The molecule has 0 spiro atoms. The number of carbonyl (C=O) groups is 2. The van der Waals surface area contributed by atoms with Gasteiger partial charge in [-0.2, -0.15) is 17.9 Å². The highest BCUT2D eigenvalue weighted by Crippen LogP contribution is 2.30. The van der Waals surface area contributed by atoms with E-state index < -0.39 is 57.4 Å². The van der Waals surface area contributed by atoms with Gasteiger partial charge in [-0.25, -0.2) is 8.42 Å². The predicted molar refractivity (Wildman–Crippen MR) is 71.6 cm³/mol. The number of benzene rings is 1. The molecular formula is C12H13F3N2O5S. The molecule has 7 nitrogen and oxygen atoms in total. The van der Waals surface area contributed by atoms with Crippen molar-refractivity contribution in [2.75, 3.05) is 0 Å². The number of amides is 1. The van der Waals surface area contributed by atoms with Gasteiger partial charge < -0.3 is 10.8 Å². The lowest BCUT2D eigenvalue weighted by atomic mass is 10.2. The number of carboxylic acid groups (broad SMARTS) is 1. The van der Waals surface area contributed by atoms with Crippen LogP contribution in [-0.2, 0) is 25.8 Å². The molecule has 0 saturated heterocycles. The first-order valence-electron chi connectivity index (χ1n) is 6.14. The number of hydrogen-bond donors (Lipinski definition) is 3. The lowest BCUT2D eigenvalue weighted by Crippen LogP contribution is -2.41. The number of halogens is 3. The maximum atomic E-state index is 12.6. The van der Waals surface area contributed by atoms with E-state index in [0.717, 1.165) is 12.1 Å². The van der Waals surface area contributed by atoms with Crippen LogP contribution in [0.1, 0.15) is 18.4 Å². The number of carboxylic acids is 1. The van der Waals surface area contributed by atoms with Crippen LogP contribution in [0.4, 0.5) is 13.2 Å². The van der Waals surface area contributed by atoms with E-state index in [0.29, 0.717) is 12.1 Å². The van der Waals surface area contributed by atoms with Gasteiger partial charge in [0.2, 0.25) is 15.9 Å². The molecular weight excluding hydrogens is 341 g/mol. The van der Waals surface area contributed by atoms with Crippen LogP contribution in [0.3, 0.4) is 0 Å². The molecule has 0 unspecified atom stereocenters. The van der Waals surface area contributed by atoms with E-state index in [2.05, 4.69) is 0 Å². The summed E-state index contributed by atoms with van der Waals surface area (Å²) < 4.78 is 63.6. The van der Waals surface area contributed by atoms with Crippen molar-refractivity contribution >= 4 is 21.9 Å². The molecule has 0 aliphatic carbocycles. The Labute approximate surface area is 129 Å². The highest BCUT2D eigenvalue weighted by atomic mass is 32.2. The largest absolute Gasteiger partial charge is 0.480 e. The first kappa shape index (κ1) is 18.9. The molecule has 1 aromatic rings. The Hall–Kier alpha value is -2.14. The molecule has 0 aliphatic heterocycles. The third-order valence-corrected chi connectivity index (χ3v) is 4.22. The molecule has 0 aromatic heterocycles. The molecule has 11 heteroatoms. The number of rotatable bonds is 7. The topological polar surface area (TPSA) is 127 Å². The molecule has 1 amide bonds. The lowest BCUT2D eigenvalue weighted by Gasteiger charge is -2.15. The number of primary amides is 1. The van der Waals surface area contributed by atoms with Crippen molar-refractivity contribution in [1.29, 1.82) is 0 Å². The Morgan fingerprint density at radius 3 is 2.39 bits per heavy atom. The second-order valence-electron chi connectivity index (χ2n) is 4.54. The van der Waals surface area contributed by atoms with E-state index in [4.69, 9.17) is 10.8 Å². The van der Waals surface area contributed by atoms with E-state index in [9.17, 15) is 31.2 Å². The number of nitrogens with one attached hydrogen (secondary N) is 1. The molecule has 0 fully saturated rings. The van der Waals surface area contributed by atoms with Gasteiger partial charge in [0.15, 0.2) is 0 Å². The second kappa shape index (κ2) is 6.96. The Bertz CT molecular complexity index is 703. The Morgan fingerprint density at radius 2 is 1.91 bits per heavy atom. The number of alkyl halides is 3. The van der Waals surface area contributed by atoms with Crippen LogP contribution in [0.2, 0.25) is 0 Å². The van der Waals surface area contributed by atoms with Crippen molar-refractivity contribution in [2.24, 2.45) is 5.73 Å². The number of sulfonamides is 1. The van der Waals surface area contributed by atoms with Gasteiger partial charge in [-0.15, -0.1) is 0 Å². The van der Waals surface area contributed by atoms with Gasteiger partial charge in [-0.1, -0.05) is 6.07 Å². The van der Waals surface area contributed by atoms with E-state index in [1.165, 1.54) is 0 Å². The first-order chi connectivity index (χ1) is 10.4. The van der Waals surface area contributed by atoms with Crippen molar-refractivity contribution < 1.29 is 36.3 Å². The Kier molecular flexibility index (Phi) is 5.72. The summed E-state index contributed by atoms with van der Waals surface area (Å²) in [5.41, 5.74) is 3.66. The highest BCUT2D eigenvalue weighted by molar-refractivity contribution is 7.89. The first-order valence-corrected chi connectivity index (χ1v) is 7.62. The quantitative estimate of drug-likeness (QED) is 0.664. The van der Waals surface area contributed by atoms with E-state index in [1.54, 1.807) is 4.72 Å². The molecule has 0 saturated carbocycles. The summed E-state index contributed by atoms with van der Waals surface area (Å²) in [4.78, 5) is 20.9. The van der Waals surface area contributed by atoms with Crippen molar-refractivity contribution in [1.82, 2.24) is 4.72 Å². The fourth-order valence-corrected chi connectivity index (χ4v) is 2.88. The standard InChI is InChI=1S/C12H13F3N2O5S/c13-12(14,15)7-2-1-3-8(6-7)23(21,22)17-9(11(19)20)4-5-10(16)18/h1-3,6,9,17H,4-5H2,(H2,16,18)(H,19,20)/t9-/m1/s1. The summed E-state index contributed by atoms with van der Waals surface area (Å²) in [5.74, 6) is -2.42. The molecule has 0 aliphatic rings. The summed E-state index contributed by atoms with van der Waals surface area (Å²) in [6.45, 7) is 0. The minimum atomic E-state index is -4.75. The van der Waals surface area contributed by atoms with Crippen molar-refractivity contribution in [3.8, 4) is 0 Å². The normalized spacial score (nSPS) is 13.5. The zero-order chi connectivity index (χ0) is 17.8. The maximum Gasteiger partial charge on any atom is 0.416 e. The van der Waals surface area contributed by atoms with Crippen LogP contribution in [0.15, 0.2) is 29.2 Å². The fraction of sp³-hybridized carbons (Fsp3) is 0.333. The molecule has 0 heterocycles. The van der Waals surface area contributed by atoms with Crippen LogP contribution < -0.4 is 10.5 Å². The number of carbonyl (C=O) groups excluding carboxylic acids is 1. The Balaban J connectivity index is 3.06. The van der Waals surface area contributed by atoms with Gasteiger partial charge >= 0.3 is 12.1 Å². The SMILES string of the molecule is NC(=O)CC[C@@H](NS(=O)(=O)c1cccc(C(F)(F)F)c1)C(=O)O. The van der Waals surface area contributed by atoms with Crippen molar-refractivity contribution in [3.63, 3.8) is 0 Å². The Morgan fingerprint density at radius 1 is 1.30 bits per heavy atom. The molecule has 1 atom stereocenters. The van der Waals surface area contributed by atoms with Gasteiger partial charge in [0, 0.05) is 6.42 Å². The summed E-state index contributed by atoms with van der Waals surface area (Å²) in [6, 6.07) is 1.15. The van der Waals surface area contributed by atoms with Gasteiger partial charge in [0.1, 0.15) is 6.04 Å². The van der Waals surface area contributed by atoms with Gasteiger partial charge in [-0.05, 0) is 24.6 Å². The molecule has 4 N–H and O–H groups in total. The maximum absolute atomic E-state index is 12.6. The second-order valence-corrected chi connectivity index (χ2v) is 6.26. The summed E-state index contributed by atoms with van der Waals surface area (Å²) in [6.07, 6.45) is -5.57. The fourth-order valence-electron chi connectivity index (χ4n) is 1.61. The van der Waals surface area contributed by atoms with Gasteiger partial charge in [-0.3, -0.25) is 9.59 Å². The third kappa shape index (κ3) is 5.53. The van der Waals surface area contributed by atoms with Crippen molar-refractivity contribution in [3.05, 3.63) is 29.8 Å². The predicted octanol–water partition coefficient (Wildman–Crippen LogP) is 0.702. The molecule has 0 bridgehead atoms. The zero-order valence-electron chi connectivity index (χ0n) is 11.5. The lowest BCUT2D eigenvalue weighted by molar-refractivity contribution is -0.139. The summed E-state index contributed by atoms with van der Waals surface area (Å²) in [5, 5.41) is 8.92. The third-order valence-electron chi connectivity index (χ3n) is 2.75. The molecule has 1 rings (SSSR count). The van der Waals surface area contributed by atoms with Gasteiger partial charge in [0.05, 0.1) is 10.5 Å². The molecule has 128 valence electrons. The molecule has 0 radical (unpaired) electrons. The van der Waals surface area contributed by atoms with E-state index >= 15 is 0 Å². The van der Waals surface area contributed by atoms with E-state index in [1.807, 2.05) is 0 Å². The van der Waals surface area contributed by atoms with Crippen LogP contribution in [-0.4, -0.2) is 31.4 Å². The minimum absolute atomic E-state index is 0.384. The monoisotopic (exact) mass is 354 g/mol. The highest BCUT2D eigenvalue weighted by Gasteiger charge is 2.32. The van der Waals surface area contributed by atoms with E-state index in [-0.39, 0.29) is 0 Å². The van der Waals surface area contributed by atoms with Gasteiger partial charge in [0.25, 0.3) is 0 Å².